The summed E-state index contributed by atoms with van der Waals surface area (Å²) < 4.78 is 5.46. The molecule has 1 N–H and O–H groups in total. The quantitative estimate of drug-likeness (QED) is 0.698. The van der Waals surface area contributed by atoms with Crippen LogP contribution in [0.1, 0.15) is 52.5 Å². The molecule has 152 valence electrons. The lowest BCUT2D eigenvalue weighted by molar-refractivity contribution is -0.123. The summed E-state index contributed by atoms with van der Waals surface area (Å²) in [5.74, 6) is 0.439. The number of carbonyl (C=O) groups excluding carboxylic acids is 3. The predicted molar refractivity (Wildman–Crippen MR) is 110 cm³/mol. The maximum Gasteiger partial charge on any atom is 0.258 e. The smallest absolute Gasteiger partial charge is 0.258 e. The van der Waals surface area contributed by atoms with Gasteiger partial charge in [0.1, 0.15) is 5.75 Å². The zero-order valence-electron chi connectivity index (χ0n) is 16.6. The number of Topliss-reactive ketones (excluding diaryl/α,β-unsaturated/α-hetero) is 1. The summed E-state index contributed by atoms with van der Waals surface area (Å²) in [5, 5.41) is 2.80. The van der Waals surface area contributed by atoms with Crippen LogP contribution in [0.4, 0.5) is 0 Å². The Morgan fingerprint density at radius 2 is 1.55 bits per heavy atom. The number of ether oxygens (including phenoxy) is 1. The van der Waals surface area contributed by atoms with Crippen LogP contribution >= 0.6 is 0 Å². The molecule has 6 heteroatoms. The zero-order chi connectivity index (χ0) is 20.6. The molecule has 1 aliphatic rings. The van der Waals surface area contributed by atoms with Crippen molar-refractivity contribution in [3.63, 3.8) is 0 Å². The number of nitrogens with one attached hydrogen (secondary N) is 1. The summed E-state index contributed by atoms with van der Waals surface area (Å²) in [5.41, 5.74) is 2.23. The van der Waals surface area contributed by atoms with E-state index in [0.717, 1.165) is 31.5 Å². The summed E-state index contributed by atoms with van der Waals surface area (Å²) in [6.45, 7) is 3.73. The van der Waals surface area contributed by atoms with Crippen LogP contribution in [0.3, 0.4) is 0 Å². The normalized spacial score (nSPS) is 13.2. The van der Waals surface area contributed by atoms with Crippen LogP contribution in [0, 0.1) is 0 Å². The van der Waals surface area contributed by atoms with Gasteiger partial charge in [-0.25, -0.2) is 0 Å². The molecule has 1 heterocycles. The van der Waals surface area contributed by atoms with Crippen molar-refractivity contribution in [2.75, 3.05) is 19.7 Å². The molecule has 6 nitrogen and oxygen atoms in total. The molecule has 0 aromatic heterocycles. The lowest BCUT2D eigenvalue weighted by Gasteiger charge is -2.15. The molecule has 29 heavy (non-hydrogen) atoms. The molecule has 0 radical (unpaired) electrons. The van der Waals surface area contributed by atoms with Gasteiger partial charge in [0, 0.05) is 37.2 Å². The van der Waals surface area contributed by atoms with Gasteiger partial charge in [0.25, 0.3) is 11.8 Å². The number of benzene rings is 2. The van der Waals surface area contributed by atoms with Crippen LogP contribution in [0.25, 0.3) is 0 Å². The van der Waals surface area contributed by atoms with Crippen molar-refractivity contribution in [3.8, 4) is 5.75 Å². The molecular weight excluding hydrogens is 368 g/mol. The van der Waals surface area contributed by atoms with Gasteiger partial charge in [0.2, 0.25) is 0 Å². The van der Waals surface area contributed by atoms with Gasteiger partial charge >= 0.3 is 0 Å². The fraction of sp³-hybridized carbons (Fsp3) is 0.348. The van der Waals surface area contributed by atoms with Crippen LogP contribution in [-0.4, -0.2) is 42.2 Å². The highest BCUT2D eigenvalue weighted by molar-refractivity contribution is 5.96. The molecule has 1 aliphatic heterocycles. The Bertz CT molecular complexity index is 853. The molecule has 0 saturated carbocycles. The highest BCUT2D eigenvalue weighted by Gasteiger charge is 2.19. The van der Waals surface area contributed by atoms with E-state index in [9.17, 15) is 14.4 Å². The van der Waals surface area contributed by atoms with Crippen molar-refractivity contribution >= 4 is 17.6 Å². The van der Waals surface area contributed by atoms with Gasteiger partial charge in [0.15, 0.2) is 12.4 Å². The molecule has 1 fully saturated rings. The zero-order valence-corrected chi connectivity index (χ0v) is 16.6. The molecule has 0 aliphatic carbocycles. The Labute approximate surface area is 170 Å². The fourth-order valence-electron chi connectivity index (χ4n) is 3.21. The monoisotopic (exact) mass is 394 g/mol. The van der Waals surface area contributed by atoms with E-state index in [2.05, 4.69) is 5.32 Å². The van der Waals surface area contributed by atoms with Crippen LogP contribution < -0.4 is 10.1 Å². The number of carbonyl (C=O) groups is 3. The average Bonchev–Trinajstić information content (AvgIpc) is 3.31. The minimum Gasteiger partial charge on any atom is -0.484 e. The molecule has 0 unspecified atom stereocenters. The lowest BCUT2D eigenvalue weighted by atomic mass is 10.1. The molecule has 2 aromatic rings. The van der Waals surface area contributed by atoms with E-state index < -0.39 is 0 Å². The summed E-state index contributed by atoms with van der Waals surface area (Å²) in [6.07, 6.45) is 2.59. The number of amides is 2. The number of ketones is 1. The van der Waals surface area contributed by atoms with E-state index in [1.807, 2.05) is 24.0 Å². The van der Waals surface area contributed by atoms with E-state index in [0.29, 0.717) is 29.8 Å². The van der Waals surface area contributed by atoms with Gasteiger partial charge in [-0.2, -0.15) is 0 Å². The van der Waals surface area contributed by atoms with Gasteiger partial charge in [-0.3, -0.25) is 14.4 Å². The first kappa shape index (κ1) is 20.6. The first-order chi connectivity index (χ1) is 14.1. The second-order valence-electron chi connectivity index (χ2n) is 7.06. The van der Waals surface area contributed by atoms with Crippen LogP contribution in [0.15, 0.2) is 48.5 Å². The third kappa shape index (κ3) is 5.67. The largest absolute Gasteiger partial charge is 0.484 e. The van der Waals surface area contributed by atoms with E-state index in [-0.39, 0.29) is 24.2 Å². The highest BCUT2D eigenvalue weighted by Crippen LogP contribution is 2.14. The maximum atomic E-state index is 12.3. The molecular formula is C23H26N2O4. The summed E-state index contributed by atoms with van der Waals surface area (Å²) in [6, 6.07) is 14.1. The molecule has 2 aromatic carbocycles. The standard InChI is InChI=1S/C23H26N2O4/c1-2-21(26)18-9-11-20(12-10-18)29-16-22(27)24-15-17-5-7-19(8-6-17)23(28)25-13-3-4-14-25/h5-12H,2-4,13-16H2,1H3,(H,24,27). The number of hydrogen-bond donors (Lipinski definition) is 1. The van der Waals surface area contributed by atoms with Gasteiger partial charge in [-0.15, -0.1) is 0 Å². The van der Waals surface area contributed by atoms with Crippen LogP contribution in [-0.2, 0) is 11.3 Å². The molecule has 3 rings (SSSR count). The Hall–Kier alpha value is -3.15. The van der Waals surface area contributed by atoms with E-state index in [1.54, 1.807) is 36.4 Å². The van der Waals surface area contributed by atoms with Gasteiger partial charge in [0.05, 0.1) is 0 Å². The topological polar surface area (TPSA) is 75.7 Å². The van der Waals surface area contributed by atoms with Crippen molar-refractivity contribution in [2.24, 2.45) is 0 Å². The summed E-state index contributed by atoms with van der Waals surface area (Å²) in [4.78, 5) is 37.8. The third-order valence-electron chi connectivity index (χ3n) is 4.95. The summed E-state index contributed by atoms with van der Waals surface area (Å²) in [7, 11) is 0. The van der Waals surface area contributed by atoms with E-state index >= 15 is 0 Å². The molecule has 1 saturated heterocycles. The molecule has 0 spiro atoms. The van der Waals surface area contributed by atoms with E-state index in [1.165, 1.54) is 0 Å². The van der Waals surface area contributed by atoms with Crippen molar-refractivity contribution in [2.45, 2.75) is 32.7 Å². The van der Waals surface area contributed by atoms with Crippen molar-refractivity contribution in [1.82, 2.24) is 10.2 Å². The summed E-state index contributed by atoms with van der Waals surface area (Å²) >= 11 is 0. The number of hydrogen-bond acceptors (Lipinski definition) is 4. The van der Waals surface area contributed by atoms with Crippen molar-refractivity contribution in [3.05, 3.63) is 65.2 Å². The van der Waals surface area contributed by atoms with Crippen LogP contribution in [0.2, 0.25) is 0 Å². The Morgan fingerprint density at radius 3 is 2.17 bits per heavy atom. The van der Waals surface area contributed by atoms with Gasteiger partial charge < -0.3 is 15.0 Å². The van der Waals surface area contributed by atoms with Gasteiger partial charge in [-0.1, -0.05) is 19.1 Å². The number of likely N-dealkylation sites (tertiary alicyclic amines) is 1. The Morgan fingerprint density at radius 1 is 0.931 bits per heavy atom. The first-order valence-corrected chi connectivity index (χ1v) is 9.98. The minimum absolute atomic E-state index is 0.0677. The SMILES string of the molecule is CCC(=O)c1ccc(OCC(=O)NCc2ccc(C(=O)N3CCCC3)cc2)cc1. The minimum atomic E-state index is -0.240. The average molecular weight is 394 g/mol. The number of nitrogens with zero attached hydrogens (tertiary/aromatic N) is 1. The Balaban J connectivity index is 1.43. The third-order valence-corrected chi connectivity index (χ3v) is 4.95. The van der Waals surface area contributed by atoms with Crippen molar-refractivity contribution in [1.29, 1.82) is 0 Å². The van der Waals surface area contributed by atoms with Crippen molar-refractivity contribution < 1.29 is 19.1 Å². The molecule has 2 amide bonds. The maximum absolute atomic E-state index is 12.3. The van der Waals surface area contributed by atoms with Crippen LogP contribution in [0.5, 0.6) is 5.75 Å². The molecule has 0 atom stereocenters. The predicted octanol–water partition coefficient (Wildman–Crippen LogP) is 3.21. The first-order valence-electron chi connectivity index (χ1n) is 9.98. The molecule has 0 bridgehead atoms. The van der Waals surface area contributed by atoms with E-state index in [4.69, 9.17) is 4.74 Å². The fourth-order valence-corrected chi connectivity index (χ4v) is 3.21. The highest BCUT2D eigenvalue weighted by atomic mass is 16.5. The van der Waals surface area contributed by atoms with Gasteiger partial charge in [-0.05, 0) is 54.8 Å². The lowest BCUT2D eigenvalue weighted by Crippen LogP contribution is -2.29. The Kier molecular flexibility index (Phi) is 7.00. The number of rotatable bonds is 8. The second kappa shape index (κ2) is 9.87. The second-order valence-corrected chi connectivity index (χ2v) is 7.06.